The van der Waals surface area contributed by atoms with Crippen LogP contribution in [0.5, 0.6) is 0 Å². The number of methoxy groups -OCH3 is 1. The molecule has 0 bridgehead atoms. The molecule has 1 N–H and O–H groups in total. The van der Waals surface area contributed by atoms with E-state index in [-0.39, 0.29) is 12.6 Å². The molecule has 0 aliphatic heterocycles. The Balaban J connectivity index is 2.10. The molecule has 0 unspecified atom stereocenters. The average Bonchev–Trinajstić information content (AvgIpc) is 2.49. The molecule has 0 aromatic heterocycles. The van der Waals surface area contributed by atoms with E-state index in [2.05, 4.69) is 4.74 Å². The molecule has 0 atom stereocenters. The van der Waals surface area contributed by atoms with Crippen LogP contribution in [-0.4, -0.2) is 37.4 Å². The van der Waals surface area contributed by atoms with Crippen LogP contribution < -0.4 is 0 Å². The molecule has 5 heteroatoms. The molecule has 0 amide bonds. The van der Waals surface area contributed by atoms with Gasteiger partial charge in [-0.3, -0.25) is 0 Å². The van der Waals surface area contributed by atoms with Gasteiger partial charge in [0, 0.05) is 6.61 Å². The highest BCUT2D eigenvalue weighted by molar-refractivity contribution is 5.89. The zero-order valence-electron chi connectivity index (χ0n) is 12.3. The van der Waals surface area contributed by atoms with Crippen molar-refractivity contribution in [3.05, 3.63) is 35.4 Å². The van der Waals surface area contributed by atoms with Gasteiger partial charge in [-0.05, 0) is 37.0 Å². The van der Waals surface area contributed by atoms with Crippen molar-refractivity contribution >= 4 is 11.9 Å². The lowest BCUT2D eigenvalue weighted by Gasteiger charge is -2.04. The van der Waals surface area contributed by atoms with Crippen LogP contribution in [0, 0.1) is 0 Å². The van der Waals surface area contributed by atoms with Crippen LogP contribution in [0.15, 0.2) is 24.3 Å². The van der Waals surface area contributed by atoms with Crippen LogP contribution in [0.2, 0.25) is 0 Å². The van der Waals surface area contributed by atoms with Crippen LogP contribution in [-0.2, 0) is 20.7 Å². The number of aliphatic carboxylic acids is 1. The summed E-state index contributed by atoms with van der Waals surface area (Å²) in [4.78, 5) is 21.5. The van der Waals surface area contributed by atoms with Crippen molar-refractivity contribution in [3.8, 4) is 0 Å². The highest BCUT2D eigenvalue weighted by Gasteiger charge is 2.04. The number of benzene rings is 1. The fourth-order valence-corrected chi connectivity index (χ4v) is 1.97. The lowest BCUT2D eigenvalue weighted by atomic mass is 10.0. The molecule has 1 aromatic rings. The number of hydrogen-bond donors (Lipinski definition) is 1. The largest absolute Gasteiger partial charge is 0.480 e. The maximum atomic E-state index is 11.3. The van der Waals surface area contributed by atoms with Gasteiger partial charge in [0.25, 0.3) is 0 Å². The van der Waals surface area contributed by atoms with Crippen molar-refractivity contribution in [1.82, 2.24) is 0 Å². The Kier molecular flexibility index (Phi) is 8.12. The number of hydrogen-bond acceptors (Lipinski definition) is 4. The molecular formula is C16H22O5. The molecule has 0 aliphatic rings. The van der Waals surface area contributed by atoms with Crippen molar-refractivity contribution in [2.45, 2.75) is 32.1 Å². The Morgan fingerprint density at radius 2 is 1.71 bits per heavy atom. The number of unbranched alkanes of at least 4 members (excludes halogenated alkanes) is 3. The molecule has 0 saturated carbocycles. The highest BCUT2D eigenvalue weighted by Crippen LogP contribution is 2.10. The quantitative estimate of drug-likeness (QED) is 0.530. The van der Waals surface area contributed by atoms with Gasteiger partial charge in [-0.2, -0.15) is 0 Å². The summed E-state index contributed by atoms with van der Waals surface area (Å²) in [6, 6.07) is 7.45. The fraction of sp³-hybridized carbons (Fsp3) is 0.500. The van der Waals surface area contributed by atoms with E-state index in [1.54, 1.807) is 12.1 Å². The number of rotatable bonds is 10. The van der Waals surface area contributed by atoms with Gasteiger partial charge in [-0.15, -0.1) is 0 Å². The minimum Gasteiger partial charge on any atom is -0.480 e. The lowest BCUT2D eigenvalue weighted by molar-refractivity contribution is -0.142. The summed E-state index contributed by atoms with van der Waals surface area (Å²) in [7, 11) is 1.37. The van der Waals surface area contributed by atoms with Gasteiger partial charge in [0.2, 0.25) is 0 Å². The summed E-state index contributed by atoms with van der Waals surface area (Å²) < 4.78 is 9.61. The SMILES string of the molecule is COC(=O)c1ccc(CCCCCCOCC(=O)O)cc1. The van der Waals surface area contributed by atoms with E-state index >= 15 is 0 Å². The lowest BCUT2D eigenvalue weighted by Crippen LogP contribution is -2.07. The molecule has 21 heavy (non-hydrogen) atoms. The van der Waals surface area contributed by atoms with Crippen molar-refractivity contribution < 1.29 is 24.2 Å². The number of carbonyl (C=O) groups excluding carboxylic acids is 1. The number of carboxylic acids is 1. The van der Waals surface area contributed by atoms with Crippen LogP contribution in [0.4, 0.5) is 0 Å². The minimum absolute atomic E-state index is 0.216. The second-order valence-corrected chi connectivity index (χ2v) is 4.80. The molecule has 0 radical (unpaired) electrons. The Bertz CT molecular complexity index is 438. The van der Waals surface area contributed by atoms with E-state index in [0.29, 0.717) is 12.2 Å². The van der Waals surface area contributed by atoms with E-state index in [1.165, 1.54) is 12.7 Å². The maximum absolute atomic E-state index is 11.3. The molecule has 0 aliphatic carbocycles. The van der Waals surface area contributed by atoms with E-state index in [0.717, 1.165) is 32.1 Å². The van der Waals surface area contributed by atoms with E-state index < -0.39 is 5.97 Å². The highest BCUT2D eigenvalue weighted by atomic mass is 16.5. The van der Waals surface area contributed by atoms with Crippen LogP contribution in [0.25, 0.3) is 0 Å². The summed E-state index contributed by atoms with van der Waals surface area (Å²) in [5.41, 5.74) is 1.77. The third-order valence-corrected chi connectivity index (χ3v) is 3.10. The van der Waals surface area contributed by atoms with Gasteiger partial charge in [-0.25, -0.2) is 9.59 Å². The van der Waals surface area contributed by atoms with Crippen LogP contribution in [0.3, 0.4) is 0 Å². The second-order valence-electron chi connectivity index (χ2n) is 4.80. The van der Waals surface area contributed by atoms with Gasteiger partial charge in [0.15, 0.2) is 0 Å². The standard InChI is InChI=1S/C16H22O5/c1-20-16(19)14-9-7-13(8-10-14)6-4-2-3-5-11-21-12-15(17)18/h7-10H,2-6,11-12H2,1H3,(H,17,18). The number of ether oxygens (including phenoxy) is 2. The van der Waals surface area contributed by atoms with Gasteiger partial charge in [-0.1, -0.05) is 25.0 Å². The number of aryl methyl sites for hydroxylation is 1. The van der Waals surface area contributed by atoms with Crippen molar-refractivity contribution in [3.63, 3.8) is 0 Å². The summed E-state index contributed by atoms with van der Waals surface area (Å²) >= 11 is 0. The van der Waals surface area contributed by atoms with Gasteiger partial charge in [0.1, 0.15) is 6.61 Å². The molecular weight excluding hydrogens is 272 g/mol. The van der Waals surface area contributed by atoms with Gasteiger partial charge >= 0.3 is 11.9 Å². The number of esters is 1. The summed E-state index contributed by atoms with van der Waals surface area (Å²) in [6.45, 7) is 0.284. The smallest absolute Gasteiger partial charge is 0.337 e. The first-order valence-corrected chi connectivity index (χ1v) is 7.10. The summed E-state index contributed by atoms with van der Waals surface area (Å²) in [6.07, 6.45) is 5.03. The third kappa shape index (κ3) is 7.46. The monoisotopic (exact) mass is 294 g/mol. The first-order chi connectivity index (χ1) is 10.1. The maximum Gasteiger partial charge on any atom is 0.337 e. The molecule has 1 rings (SSSR count). The predicted octanol–water partition coefficient (Wildman–Crippen LogP) is 2.68. The minimum atomic E-state index is -0.926. The molecule has 0 heterocycles. The molecule has 1 aromatic carbocycles. The molecule has 0 spiro atoms. The first-order valence-electron chi connectivity index (χ1n) is 7.10. The van der Waals surface area contributed by atoms with Crippen LogP contribution >= 0.6 is 0 Å². The Labute approximate surface area is 124 Å². The molecule has 0 saturated heterocycles. The number of carbonyl (C=O) groups is 2. The van der Waals surface area contributed by atoms with E-state index in [4.69, 9.17) is 9.84 Å². The van der Waals surface area contributed by atoms with Gasteiger partial charge < -0.3 is 14.6 Å². The number of carboxylic acid groups (broad SMARTS) is 1. The van der Waals surface area contributed by atoms with Crippen molar-refractivity contribution in [2.24, 2.45) is 0 Å². The molecule has 0 fully saturated rings. The Hall–Kier alpha value is -1.88. The molecule has 116 valence electrons. The Morgan fingerprint density at radius 3 is 2.33 bits per heavy atom. The summed E-state index contributed by atoms with van der Waals surface area (Å²) in [5.74, 6) is -1.24. The Morgan fingerprint density at radius 1 is 1.05 bits per heavy atom. The van der Waals surface area contributed by atoms with Crippen LogP contribution in [0.1, 0.15) is 41.6 Å². The third-order valence-electron chi connectivity index (χ3n) is 3.10. The zero-order chi connectivity index (χ0) is 15.5. The van der Waals surface area contributed by atoms with Gasteiger partial charge in [0.05, 0.1) is 12.7 Å². The van der Waals surface area contributed by atoms with E-state index in [9.17, 15) is 9.59 Å². The van der Waals surface area contributed by atoms with Crippen molar-refractivity contribution in [2.75, 3.05) is 20.3 Å². The predicted molar refractivity (Wildman–Crippen MR) is 78.4 cm³/mol. The fourth-order valence-electron chi connectivity index (χ4n) is 1.97. The van der Waals surface area contributed by atoms with E-state index in [1.807, 2.05) is 12.1 Å². The average molecular weight is 294 g/mol. The second kappa shape index (κ2) is 9.94. The van der Waals surface area contributed by atoms with Crippen molar-refractivity contribution in [1.29, 1.82) is 0 Å². The first kappa shape index (κ1) is 17.2. The summed E-state index contributed by atoms with van der Waals surface area (Å²) in [5, 5.41) is 8.40. The zero-order valence-corrected chi connectivity index (χ0v) is 12.3. The topological polar surface area (TPSA) is 72.8 Å². The molecule has 5 nitrogen and oxygen atoms in total. The normalized spacial score (nSPS) is 10.3.